The lowest BCUT2D eigenvalue weighted by atomic mass is 9.89. The second kappa shape index (κ2) is 14.1. The fraction of sp³-hybridized carbons (Fsp3) is 0.958. The second-order valence-corrected chi connectivity index (χ2v) is 11.2. The number of aliphatic hydroxyl groups is 6. The van der Waals surface area contributed by atoms with Gasteiger partial charge in [-0.3, -0.25) is 4.79 Å². The molecule has 16 atom stereocenters. The van der Waals surface area contributed by atoms with Crippen LogP contribution in [0, 0.1) is 0 Å². The van der Waals surface area contributed by atoms with Gasteiger partial charge in [0.25, 0.3) is 5.91 Å². The molecule has 14 N–H and O–H groups in total. The zero-order valence-electron chi connectivity index (χ0n) is 22.8. The normalized spacial score (nSPS) is 47.8. The number of hydrogen-bond acceptors (Lipinski definition) is 16. The summed E-state index contributed by atoms with van der Waals surface area (Å²) in [4.78, 5) is 12.1. The van der Waals surface area contributed by atoms with E-state index in [0.717, 1.165) is 0 Å². The highest BCUT2D eigenvalue weighted by molar-refractivity contribution is 5.81. The second-order valence-electron chi connectivity index (χ2n) is 11.2. The van der Waals surface area contributed by atoms with Gasteiger partial charge in [0.2, 0.25) is 0 Å². The van der Waals surface area contributed by atoms with Crippen LogP contribution in [0.4, 0.5) is 0 Å². The monoisotopic (exact) mass is 595 g/mol. The molecule has 0 bridgehead atoms. The number of fused-ring (bicyclic) bond motifs is 1. The number of nitrogens with one attached hydrogen (secondary N) is 2. The van der Waals surface area contributed by atoms with Crippen LogP contribution in [-0.4, -0.2) is 155 Å². The molecule has 41 heavy (non-hydrogen) atoms. The molecule has 4 fully saturated rings. The molecule has 0 radical (unpaired) electrons. The maximum atomic E-state index is 12.1. The highest BCUT2D eigenvalue weighted by Crippen LogP contribution is 2.35. The van der Waals surface area contributed by atoms with Crippen LogP contribution in [0.5, 0.6) is 0 Å². The maximum Gasteiger partial charge on any atom is 0.250 e. The lowest BCUT2D eigenvalue weighted by Gasteiger charge is -2.51. The summed E-state index contributed by atoms with van der Waals surface area (Å²) in [6.45, 7) is -1.05. The van der Waals surface area contributed by atoms with Gasteiger partial charge in [-0.2, -0.15) is 0 Å². The van der Waals surface area contributed by atoms with Crippen LogP contribution in [0.1, 0.15) is 25.7 Å². The van der Waals surface area contributed by atoms with Crippen LogP contribution in [0.2, 0.25) is 0 Å². The molecular formula is C24H45N5O12. The fourth-order valence-electron chi connectivity index (χ4n) is 5.83. The zero-order chi connectivity index (χ0) is 30.0. The average molecular weight is 596 g/mol. The molecule has 1 saturated carbocycles. The van der Waals surface area contributed by atoms with Gasteiger partial charge in [-0.1, -0.05) is 0 Å². The summed E-state index contributed by atoms with van der Waals surface area (Å²) in [7, 11) is 1.55. The first-order valence-corrected chi connectivity index (χ1v) is 14.0. The molecule has 3 saturated heterocycles. The first-order chi connectivity index (χ1) is 19.5. The van der Waals surface area contributed by atoms with E-state index in [1.165, 1.54) is 0 Å². The van der Waals surface area contributed by atoms with Crippen LogP contribution in [0.15, 0.2) is 0 Å². The van der Waals surface area contributed by atoms with Gasteiger partial charge >= 0.3 is 0 Å². The topological polar surface area (TPSA) is 287 Å². The Kier molecular flexibility index (Phi) is 11.3. The van der Waals surface area contributed by atoms with Crippen LogP contribution in [0.3, 0.4) is 0 Å². The van der Waals surface area contributed by atoms with Crippen LogP contribution in [0.25, 0.3) is 0 Å². The standard InChI is InChI=1S/C24H45N5O12/c1-28-16-18(34)20-13(5-9(27)22(40-20)37-12-3-2-8(26)4-10(12)31)38-23(16)41-24-19(35)17(33)15(14(7-30)39-24)29-21(36)11(32)6-25/h8-20,22-24,28,30-35H,2-7,25-27H2,1H3,(H,29,36)/t8-,9+,10-,11+,12-,13+,14?,15-,16?,17+,18?,19?,20?,22+,23?,24-/m1/s1. The summed E-state index contributed by atoms with van der Waals surface area (Å²) in [6.07, 6.45) is -12.1. The number of nitrogens with two attached hydrogens (primary N) is 3. The highest BCUT2D eigenvalue weighted by Gasteiger charge is 2.54. The van der Waals surface area contributed by atoms with E-state index in [1.807, 2.05) is 0 Å². The van der Waals surface area contributed by atoms with Crippen molar-refractivity contribution in [3.05, 3.63) is 0 Å². The average Bonchev–Trinajstić information content (AvgIpc) is 2.94. The van der Waals surface area contributed by atoms with Crippen molar-refractivity contribution in [2.75, 3.05) is 20.2 Å². The maximum absolute atomic E-state index is 12.1. The van der Waals surface area contributed by atoms with Gasteiger partial charge in [0.05, 0.1) is 43.0 Å². The molecule has 6 unspecified atom stereocenters. The summed E-state index contributed by atoms with van der Waals surface area (Å²) in [5.74, 6) is -0.914. The highest BCUT2D eigenvalue weighted by atomic mass is 16.8. The Hall–Kier alpha value is -1.13. The predicted octanol–water partition coefficient (Wildman–Crippen LogP) is -6.38. The Balaban J connectivity index is 1.40. The number of aliphatic hydroxyl groups excluding tert-OH is 6. The third kappa shape index (κ3) is 7.17. The van der Waals surface area contributed by atoms with E-state index in [0.29, 0.717) is 19.3 Å². The van der Waals surface area contributed by atoms with Crippen molar-refractivity contribution in [2.45, 2.75) is 124 Å². The quantitative estimate of drug-likeness (QED) is 0.118. The Morgan fingerprint density at radius 3 is 2.32 bits per heavy atom. The summed E-state index contributed by atoms with van der Waals surface area (Å²) in [6, 6.07) is -2.96. The van der Waals surface area contributed by atoms with Crippen LogP contribution >= 0.6 is 0 Å². The SMILES string of the molecule is CNC1C(O[C@H]2OC(CO)[C@@H](NC(=O)[C@@H](O)CN)[C@H](O)C2O)O[C@H]2C[C@H](N)[C@@H](O[C@@H]3CC[C@@H](N)C[C@H]3O)OC2C1O. The van der Waals surface area contributed by atoms with Gasteiger partial charge in [-0.25, -0.2) is 0 Å². The van der Waals surface area contributed by atoms with E-state index in [4.69, 9.17) is 40.9 Å². The predicted molar refractivity (Wildman–Crippen MR) is 137 cm³/mol. The molecule has 238 valence electrons. The first-order valence-electron chi connectivity index (χ1n) is 14.0. The molecule has 0 aromatic heterocycles. The van der Waals surface area contributed by atoms with Crippen molar-refractivity contribution in [3.63, 3.8) is 0 Å². The number of carbonyl (C=O) groups is 1. The minimum atomic E-state index is -1.72. The number of ether oxygens (including phenoxy) is 5. The summed E-state index contributed by atoms with van der Waals surface area (Å²) in [5, 5.41) is 67.7. The Morgan fingerprint density at radius 1 is 0.951 bits per heavy atom. The van der Waals surface area contributed by atoms with E-state index in [-0.39, 0.29) is 19.0 Å². The molecule has 1 aliphatic carbocycles. The summed E-state index contributed by atoms with van der Waals surface area (Å²) < 4.78 is 29.6. The molecule has 0 aromatic rings. The van der Waals surface area contributed by atoms with E-state index < -0.39 is 104 Å². The van der Waals surface area contributed by atoms with Gasteiger partial charge < -0.3 is 82.2 Å². The first kappa shape index (κ1) is 32.8. The van der Waals surface area contributed by atoms with Crippen molar-refractivity contribution in [3.8, 4) is 0 Å². The third-order valence-electron chi connectivity index (χ3n) is 8.25. The van der Waals surface area contributed by atoms with Crippen molar-refractivity contribution in [1.82, 2.24) is 10.6 Å². The lowest BCUT2D eigenvalue weighted by molar-refractivity contribution is -0.373. The molecule has 0 spiro atoms. The van der Waals surface area contributed by atoms with E-state index in [2.05, 4.69) is 10.6 Å². The zero-order valence-corrected chi connectivity index (χ0v) is 22.8. The minimum absolute atomic E-state index is 0.105. The molecule has 3 heterocycles. The van der Waals surface area contributed by atoms with Crippen LogP contribution in [-0.2, 0) is 28.5 Å². The van der Waals surface area contributed by atoms with Crippen molar-refractivity contribution in [2.24, 2.45) is 17.2 Å². The molecule has 17 heteroatoms. The molecule has 4 rings (SSSR count). The Labute approximate surface area is 237 Å². The Morgan fingerprint density at radius 2 is 1.68 bits per heavy atom. The molecule has 1 amide bonds. The van der Waals surface area contributed by atoms with Crippen molar-refractivity contribution in [1.29, 1.82) is 0 Å². The summed E-state index contributed by atoms with van der Waals surface area (Å²) in [5.41, 5.74) is 17.5. The smallest absolute Gasteiger partial charge is 0.250 e. The fourth-order valence-corrected chi connectivity index (χ4v) is 5.83. The number of hydrogen-bond donors (Lipinski definition) is 11. The molecule has 4 aliphatic rings. The number of likely N-dealkylation sites (N-methyl/N-ethyl adjacent to an activating group) is 1. The van der Waals surface area contributed by atoms with E-state index in [1.54, 1.807) is 7.05 Å². The third-order valence-corrected chi connectivity index (χ3v) is 8.25. The van der Waals surface area contributed by atoms with E-state index >= 15 is 0 Å². The summed E-state index contributed by atoms with van der Waals surface area (Å²) >= 11 is 0. The van der Waals surface area contributed by atoms with Gasteiger partial charge in [-0.15, -0.1) is 0 Å². The Bertz CT molecular complexity index is 860. The number of amides is 1. The largest absolute Gasteiger partial charge is 0.394 e. The van der Waals surface area contributed by atoms with Crippen molar-refractivity contribution >= 4 is 5.91 Å². The van der Waals surface area contributed by atoms with Gasteiger partial charge in [0.1, 0.15) is 36.6 Å². The molecule has 3 aliphatic heterocycles. The number of rotatable bonds is 9. The van der Waals surface area contributed by atoms with Gasteiger partial charge in [0, 0.05) is 12.6 Å². The van der Waals surface area contributed by atoms with Gasteiger partial charge in [-0.05, 0) is 32.7 Å². The van der Waals surface area contributed by atoms with Crippen molar-refractivity contribution < 1.29 is 59.1 Å². The number of carbonyl (C=O) groups excluding carboxylic acids is 1. The lowest BCUT2D eigenvalue weighted by Crippen LogP contribution is -2.70. The van der Waals surface area contributed by atoms with E-state index in [9.17, 15) is 35.4 Å². The van der Waals surface area contributed by atoms with Crippen LogP contribution < -0.4 is 27.8 Å². The molecule has 17 nitrogen and oxygen atoms in total. The van der Waals surface area contributed by atoms with Gasteiger partial charge in [0.15, 0.2) is 18.9 Å². The minimum Gasteiger partial charge on any atom is -0.394 e. The molecular weight excluding hydrogens is 550 g/mol. The molecule has 0 aromatic carbocycles.